The molecule has 7 nitrogen and oxygen atoms in total. The molecule has 2 fully saturated rings. The van der Waals surface area contributed by atoms with E-state index in [-0.39, 0.29) is 24.0 Å². The molecule has 22 heavy (non-hydrogen) atoms. The number of rotatable bonds is 8. The number of hydrogen-bond acceptors (Lipinski definition) is 4. The summed E-state index contributed by atoms with van der Waals surface area (Å²) in [7, 11) is 0. The molecule has 8 heteroatoms. The van der Waals surface area contributed by atoms with Gasteiger partial charge in [-0.15, -0.1) is 0 Å². The molecule has 4 N–H and O–H groups in total. The molecule has 2 aliphatic rings. The summed E-state index contributed by atoms with van der Waals surface area (Å²) in [6.07, 6.45) is 3.32. The Kier molecular flexibility index (Phi) is 5.93. The van der Waals surface area contributed by atoms with Gasteiger partial charge in [-0.1, -0.05) is 13.3 Å². The van der Waals surface area contributed by atoms with Crippen LogP contribution < -0.4 is 16.0 Å². The molecule has 0 aromatic rings. The van der Waals surface area contributed by atoms with Crippen LogP contribution in [0.4, 0.5) is 4.79 Å². The number of hydrogen-bond donors (Lipinski definition) is 4. The molecule has 0 aliphatic carbocycles. The van der Waals surface area contributed by atoms with Gasteiger partial charge in [0.1, 0.15) is 6.04 Å². The molecule has 2 aliphatic heterocycles. The molecule has 0 unspecified atom stereocenters. The molecule has 0 spiro atoms. The van der Waals surface area contributed by atoms with Crippen molar-refractivity contribution in [3.05, 3.63) is 0 Å². The predicted octanol–water partition coefficient (Wildman–Crippen LogP) is 0.692. The van der Waals surface area contributed by atoms with Gasteiger partial charge in [-0.05, 0) is 19.3 Å². The smallest absolute Gasteiger partial charge is 0.326 e. The van der Waals surface area contributed by atoms with Gasteiger partial charge >= 0.3 is 12.0 Å². The second-order valence-electron chi connectivity index (χ2n) is 5.73. The Morgan fingerprint density at radius 1 is 1.41 bits per heavy atom. The van der Waals surface area contributed by atoms with Crippen molar-refractivity contribution in [1.82, 2.24) is 16.0 Å². The van der Waals surface area contributed by atoms with Crippen LogP contribution in [0.15, 0.2) is 0 Å². The highest BCUT2D eigenvalue weighted by atomic mass is 32.2. The lowest BCUT2D eigenvalue weighted by molar-refractivity contribution is -0.141. The maximum atomic E-state index is 11.7. The average molecular weight is 329 g/mol. The highest BCUT2D eigenvalue weighted by molar-refractivity contribution is 8.00. The van der Waals surface area contributed by atoms with Crippen molar-refractivity contribution < 1.29 is 19.5 Å². The Morgan fingerprint density at radius 2 is 2.18 bits per heavy atom. The Bertz CT molecular complexity index is 446. The Balaban J connectivity index is 1.62. The van der Waals surface area contributed by atoms with E-state index in [0.29, 0.717) is 18.1 Å². The lowest BCUT2D eigenvalue weighted by atomic mass is 10.0. The average Bonchev–Trinajstić information content (AvgIpc) is 3.00. The molecule has 0 aromatic carbocycles. The van der Waals surface area contributed by atoms with E-state index in [0.717, 1.165) is 25.0 Å². The van der Waals surface area contributed by atoms with Crippen molar-refractivity contribution in [1.29, 1.82) is 0 Å². The van der Waals surface area contributed by atoms with Crippen LogP contribution in [0, 0.1) is 0 Å². The maximum Gasteiger partial charge on any atom is 0.326 e. The number of carbonyl (C=O) groups excluding carboxylic acids is 2. The highest BCUT2D eigenvalue weighted by Crippen LogP contribution is 2.33. The van der Waals surface area contributed by atoms with Crippen LogP contribution >= 0.6 is 11.8 Å². The lowest BCUT2D eigenvalue weighted by Crippen LogP contribution is -2.40. The fourth-order valence-corrected chi connectivity index (χ4v) is 4.42. The minimum atomic E-state index is -0.992. The summed E-state index contributed by atoms with van der Waals surface area (Å²) in [5.41, 5.74) is 0. The summed E-state index contributed by atoms with van der Waals surface area (Å²) in [6, 6.07) is -0.452. The standard InChI is InChI=1S/C14H23N3O4S/c1-2-8(13(19)20)15-11(18)6-4-3-5-10-12-9(7-22-10)16-14(21)17-12/h8-10,12H,2-7H2,1H3,(H,15,18)(H,19,20)(H2,16,17,21)/t8-,9-,10-,12+/m0/s1. The van der Waals surface area contributed by atoms with Gasteiger partial charge in [0.05, 0.1) is 12.1 Å². The van der Waals surface area contributed by atoms with E-state index in [2.05, 4.69) is 16.0 Å². The largest absolute Gasteiger partial charge is 0.480 e. The Labute approximate surface area is 134 Å². The number of carboxylic acid groups (broad SMARTS) is 1. The molecular formula is C14H23N3O4S. The second-order valence-corrected chi connectivity index (χ2v) is 7.01. The first kappa shape index (κ1) is 16.9. The van der Waals surface area contributed by atoms with Gasteiger partial charge in [-0.25, -0.2) is 9.59 Å². The van der Waals surface area contributed by atoms with Gasteiger partial charge in [-0.2, -0.15) is 11.8 Å². The number of thioether (sulfide) groups is 1. The summed E-state index contributed by atoms with van der Waals surface area (Å²) >= 11 is 1.86. The van der Waals surface area contributed by atoms with Crippen LogP contribution in [0.1, 0.15) is 39.0 Å². The van der Waals surface area contributed by atoms with Gasteiger partial charge < -0.3 is 21.1 Å². The van der Waals surface area contributed by atoms with E-state index in [9.17, 15) is 14.4 Å². The van der Waals surface area contributed by atoms with Crippen LogP contribution in [0.25, 0.3) is 0 Å². The molecule has 2 heterocycles. The van der Waals surface area contributed by atoms with E-state index in [1.54, 1.807) is 6.92 Å². The number of unbranched alkanes of at least 4 members (excludes halogenated alkanes) is 1. The Hall–Kier alpha value is -1.44. The minimum absolute atomic E-state index is 0.0843. The summed E-state index contributed by atoms with van der Waals surface area (Å²) in [6.45, 7) is 1.73. The normalized spacial score (nSPS) is 27.7. The Morgan fingerprint density at radius 3 is 2.86 bits per heavy atom. The first-order chi connectivity index (χ1) is 10.5. The quantitative estimate of drug-likeness (QED) is 0.387. The van der Waals surface area contributed by atoms with E-state index < -0.39 is 12.0 Å². The van der Waals surface area contributed by atoms with E-state index in [1.807, 2.05) is 11.8 Å². The van der Waals surface area contributed by atoms with Crippen molar-refractivity contribution in [3.63, 3.8) is 0 Å². The molecule has 0 bridgehead atoms. The number of nitrogens with one attached hydrogen (secondary N) is 3. The fourth-order valence-electron chi connectivity index (χ4n) is 2.88. The fraction of sp³-hybridized carbons (Fsp3) is 0.786. The van der Waals surface area contributed by atoms with Gasteiger partial charge in [0.2, 0.25) is 5.91 Å². The summed E-state index contributed by atoms with van der Waals surface area (Å²) in [5, 5.41) is 17.7. The molecule has 0 saturated carbocycles. The zero-order valence-electron chi connectivity index (χ0n) is 12.6. The van der Waals surface area contributed by atoms with E-state index in [1.165, 1.54) is 0 Å². The molecule has 3 amide bonds. The zero-order valence-corrected chi connectivity index (χ0v) is 13.4. The van der Waals surface area contributed by atoms with Crippen LogP contribution in [0.3, 0.4) is 0 Å². The maximum absolute atomic E-state index is 11.7. The topological polar surface area (TPSA) is 108 Å². The molecular weight excluding hydrogens is 306 g/mol. The third kappa shape index (κ3) is 4.28. The van der Waals surface area contributed by atoms with Crippen LogP contribution in [0.5, 0.6) is 0 Å². The predicted molar refractivity (Wildman–Crippen MR) is 83.8 cm³/mol. The van der Waals surface area contributed by atoms with Gasteiger partial charge in [0.15, 0.2) is 0 Å². The number of urea groups is 1. The number of amides is 3. The summed E-state index contributed by atoms with van der Waals surface area (Å²) < 4.78 is 0. The van der Waals surface area contributed by atoms with Gasteiger partial charge in [-0.3, -0.25) is 4.79 Å². The number of aliphatic carboxylic acids is 1. The first-order valence-electron chi connectivity index (χ1n) is 7.72. The third-order valence-electron chi connectivity index (χ3n) is 4.12. The lowest BCUT2D eigenvalue weighted by Gasteiger charge is -2.16. The number of fused-ring (bicyclic) bond motifs is 1. The third-order valence-corrected chi connectivity index (χ3v) is 5.63. The molecule has 2 saturated heterocycles. The van der Waals surface area contributed by atoms with Crippen LogP contribution in [0.2, 0.25) is 0 Å². The zero-order chi connectivity index (χ0) is 16.1. The van der Waals surface area contributed by atoms with Crippen LogP contribution in [-0.4, -0.2) is 52.1 Å². The second kappa shape index (κ2) is 7.71. The van der Waals surface area contributed by atoms with Crippen molar-refractivity contribution in [2.24, 2.45) is 0 Å². The summed E-state index contributed by atoms with van der Waals surface area (Å²) in [5.74, 6) is -0.263. The first-order valence-corrected chi connectivity index (χ1v) is 8.77. The number of carbonyl (C=O) groups is 3. The van der Waals surface area contributed by atoms with Crippen molar-refractivity contribution in [3.8, 4) is 0 Å². The molecule has 0 radical (unpaired) electrons. The highest BCUT2D eigenvalue weighted by Gasteiger charge is 2.42. The minimum Gasteiger partial charge on any atom is -0.480 e. The monoisotopic (exact) mass is 329 g/mol. The molecule has 2 rings (SSSR count). The van der Waals surface area contributed by atoms with Gasteiger partial charge in [0, 0.05) is 17.4 Å². The van der Waals surface area contributed by atoms with Crippen molar-refractivity contribution in [2.45, 2.75) is 62.4 Å². The van der Waals surface area contributed by atoms with Crippen molar-refractivity contribution >= 4 is 29.7 Å². The van der Waals surface area contributed by atoms with E-state index in [4.69, 9.17) is 5.11 Å². The SMILES string of the molecule is CC[C@H](NC(=O)CCCC[C@@H]1SC[C@@H]2NC(=O)N[C@H]21)C(=O)O. The van der Waals surface area contributed by atoms with Gasteiger partial charge in [0.25, 0.3) is 0 Å². The molecule has 4 atom stereocenters. The van der Waals surface area contributed by atoms with Crippen LogP contribution in [-0.2, 0) is 9.59 Å². The summed E-state index contributed by atoms with van der Waals surface area (Å²) in [4.78, 5) is 33.8. The van der Waals surface area contributed by atoms with E-state index >= 15 is 0 Å². The molecule has 124 valence electrons. The van der Waals surface area contributed by atoms with Crippen molar-refractivity contribution in [2.75, 3.05) is 5.75 Å². The number of carboxylic acids is 1. The molecule has 0 aromatic heterocycles.